The number of rotatable bonds is 11. The number of nitrogens with one attached hydrogen (secondary N) is 3. The van der Waals surface area contributed by atoms with Gasteiger partial charge in [-0.3, -0.25) is 15.1 Å². The average molecular weight is 613 g/mol. The molecular formula is C31H36N10O2S. The van der Waals surface area contributed by atoms with Crippen LogP contribution in [0.15, 0.2) is 84.4 Å². The lowest BCUT2D eigenvalue weighted by Crippen LogP contribution is -2.43. The molecule has 0 aliphatic carbocycles. The highest BCUT2D eigenvalue weighted by atomic mass is 32.2. The van der Waals surface area contributed by atoms with E-state index in [-0.39, 0.29) is 16.8 Å². The summed E-state index contributed by atoms with van der Waals surface area (Å²) in [6, 6.07) is 14.8. The lowest BCUT2D eigenvalue weighted by Gasteiger charge is -2.35. The molecule has 228 valence electrons. The van der Waals surface area contributed by atoms with Crippen molar-refractivity contribution in [3.63, 3.8) is 0 Å². The van der Waals surface area contributed by atoms with Crippen LogP contribution < -0.4 is 11.1 Å². The van der Waals surface area contributed by atoms with E-state index in [0.717, 1.165) is 52.9 Å². The molecular weight excluding hydrogens is 576 g/mol. The van der Waals surface area contributed by atoms with Crippen LogP contribution in [-0.4, -0.2) is 67.6 Å². The molecule has 0 amide bonds. The molecule has 1 fully saturated rings. The number of aromatic amines is 2. The van der Waals surface area contributed by atoms with Gasteiger partial charge in [0.2, 0.25) is 16.0 Å². The van der Waals surface area contributed by atoms with Crippen LogP contribution in [0.2, 0.25) is 0 Å². The third-order valence-corrected chi connectivity index (χ3v) is 9.72. The van der Waals surface area contributed by atoms with Crippen molar-refractivity contribution in [2.75, 3.05) is 30.7 Å². The third-order valence-electron chi connectivity index (χ3n) is 7.84. The number of hydrogen-bond donors (Lipinski definition) is 4. The van der Waals surface area contributed by atoms with Crippen molar-refractivity contribution in [3.05, 3.63) is 96.2 Å². The fourth-order valence-electron chi connectivity index (χ4n) is 5.62. The van der Waals surface area contributed by atoms with E-state index in [2.05, 4.69) is 40.6 Å². The zero-order chi connectivity index (χ0) is 30.5. The Hall–Kier alpha value is -4.59. The van der Waals surface area contributed by atoms with Crippen molar-refractivity contribution >= 4 is 27.5 Å². The topological polar surface area (TPSA) is 162 Å². The van der Waals surface area contributed by atoms with Gasteiger partial charge in [0.15, 0.2) is 0 Å². The monoisotopic (exact) mass is 612 g/mol. The highest BCUT2D eigenvalue weighted by Gasteiger charge is 2.31. The van der Waals surface area contributed by atoms with Gasteiger partial charge in [-0.1, -0.05) is 29.8 Å². The first-order valence-corrected chi connectivity index (χ1v) is 16.0. The van der Waals surface area contributed by atoms with Crippen LogP contribution in [0, 0.1) is 12.8 Å². The van der Waals surface area contributed by atoms with Gasteiger partial charge >= 0.3 is 0 Å². The van der Waals surface area contributed by atoms with E-state index in [1.165, 1.54) is 0 Å². The summed E-state index contributed by atoms with van der Waals surface area (Å²) in [5, 5.41) is 17.2. The Morgan fingerprint density at radius 2 is 1.66 bits per heavy atom. The van der Waals surface area contributed by atoms with Gasteiger partial charge in [-0.2, -0.15) is 19.5 Å². The lowest BCUT2D eigenvalue weighted by molar-refractivity contribution is 0.167. The molecule has 5 aromatic rings. The van der Waals surface area contributed by atoms with Gasteiger partial charge in [0, 0.05) is 73.7 Å². The Morgan fingerprint density at radius 1 is 0.977 bits per heavy atom. The van der Waals surface area contributed by atoms with Crippen molar-refractivity contribution in [3.8, 4) is 11.1 Å². The second-order valence-electron chi connectivity index (χ2n) is 11.3. The van der Waals surface area contributed by atoms with E-state index in [0.29, 0.717) is 32.0 Å². The summed E-state index contributed by atoms with van der Waals surface area (Å²) < 4.78 is 29.2. The molecule has 1 saturated heterocycles. The Kier molecular flexibility index (Phi) is 8.68. The number of hydrogen-bond acceptors (Lipinski definition) is 9. The number of nitrogens with two attached hydrogens (primary N) is 1. The van der Waals surface area contributed by atoms with Crippen LogP contribution >= 0.6 is 0 Å². The normalized spacial score (nSPS) is 15.9. The first kappa shape index (κ1) is 29.5. The summed E-state index contributed by atoms with van der Waals surface area (Å²) in [7, 11) is -3.68. The molecule has 0 saturated carbocycles. The molecule has 0 spiro atoms. The van der Waals surface area contributed by atoms with Crippen molar-refractivity contribution in [2.45, 2.75) is 37.8 Å². The van der Waals surface area contributed by atoms with E-state index in [1.54, 1.807) is 34.8 Å². The van der Waals surface area contributed by atoms with Crippen LogP contribution in [0.5, 0.6) is 0 Å². The van der Waals surface area contributed by atoms with Gasteiger partial charge < -0.3 is 11.1 Å². The Labute approximate surface area is 256 Å². The van der Waals surface area contributed by atoms with Crippen LogP contribution in [0.25, 0.3) is 11.1 Å². The lowest BCUT2D eigenvalue weighted by atomic mass is 9.98. The molecule has 3 aromatic heterocycles. The summed E-state index contributed by atoms with van der Waals surface area (Å²) in [6.07, 6.45) is 10.8. The molecule has 13 heteroatoms. The fraction of sp³-hybridized carbons (Fsp3) is 0.290. The smallest absolute Gasteiger partial charge is 0.243 e. The summed E-state index contributed by atoms with van der Waals surface area (Å²) in [6.45, 7) is 5.17. The Balaban J connectivity index is 1.16. The van der Waals surface area contributed by atoms with Gasteiger partial charge in [-0.05, 0) is 55.5 Å². The van der Waals surface area contributed by atoms with E-state index >= 15 is 0 Å². The minimum absolute atomic E-state index is 0.148. The molecule has 1 atom stereocenters. The van der Waals surface area contributed by atoms with Crippen LogP contribution in [0.4, 0.5) is 17.5 Å². The van der Waals surface area contributed by atoms with E-state index in [1.807, 2.05) is 56.0 Å². The fourth-order valence-corrected chi connectivity index (χ4v) is 7.17. The maximum Gasteiger partial charge on any atom is 0.243 e. The van der Waals surface area contributed by atoms with Crippen LogP contribution in [-0.2, 0) is 23.1 Å². The molecule has 5 N–H and O–H groups in total. The quantitative estimate of drug-likeness (QED) is 0.170. The molecule has 0 bridgehead atoms. The van der Waals surface area contributed by atoms with Gasteiger partial charge in [-0.15, -0.1) is 0 Å². The molecule has 0 radical (unpaired) electrons. The third kappa shape index (κ3) is 6.96. The van der Waals surface area contributed by atoms with E-state index in [9.17, 15) is 8.42 Å². The first-order valence-electron chi connectivity index (χ1n) is 14.6. The average Bonchev–Trinajstić information content (AvgIpc) is 3.74. The molecule has 4 heterocycles. The number of nitrogen functional groups attached to an aromatic ring is 1. The van der Waals surface area contributed by atoms with E-state index in [4.69, 9.17) is 5.73 Å². The molecule has 2 aromatic carbocycles. The summed E-state index contributed by atoms with van der Waals surface area (Å²) in [5.41, 5.74) is 11.6. The largest absolute Gasteiger partial charge is 0.368 e. The zero-order valence-electron chi connectivity index (χ0n) is 24.5. The molecule has 12 nitrogen and oxygen atoms in total. The standard InChI is InChI=1S/C31H36N10O2S/c1-22-4-8-27(9-5-22)38-30-29(17-33-31(32)39-30)26-6-10-28(11-7-26)44(42,43)41-12-2-3-23(21-41)18-40(19-24-13-34-35-14-24)20-25-15-36-37-16-25/h4-11,13-17,23H,2-3,12,18-21H2,1H3,(H,34,35)(H,36,37)(H3,32,33,38,39). The van der Waals surface area contributed by atoms with Crippen molar-refractivity contribution in [1.29, 1.82) is 0 Å². The zero-order valence-corrected chi connectivity index (χ0v) is 25.3. The number of benzene rings is 2. The highest BCUT2D eigenvalue weighted by molar-refractivity contribution is 7.89. The maximum atomic E-state index is 13.8. The Morgan fingerprint density at radius 3 is 2.30 bits per heavy atom. The molecule has 1 unspecified atom stereocenters. The number of nitrogens with zero attached hydrogens (tertiary/aromatic N) is 6. The Bertz CT molecular complexity index is 1720. The summed E-state index contributed by atoms with van der Waals surface area (Å²) in [4.78, 5) is 11.2. The van der Waals surface area contributed by atoms with Gasteiger partial charge in [0.1, 0.15) is 5.82 Å². The predicted molar refractivity (Wildman–Crippen MR) is 169 cm³/mol. The van der Waals surface area contributed by atoms with Crippen molar-refractivity contribution < 1.29 is 8.42 Å². The van der Waals surface area contributed by atoms with Gasteiger partial charge in [0.05, 0.1) is 17.3 Å². The predicted octanol–water partition coefficient (Wildman–Crippen LogP) is 4.33. The molecule has 6 rings (SSSR count). The summed E-state index contributed by atoms with van der Waals surface area (Å²) in [5.74, 6) is 0.889. The number of sulfonamides is 1. The number of aromatic nitrogens is 6. The maximum absolute atomic E-state index is 13.8. The summed E-state index contributed by atoms with van der Waals surface area (Å²) >= 11 is 0. The number of aryl methyl sites for hydroxylation is 1. The van der Waals surface area contributed by atoms with Crippen LogP contribution in [0.3, 0.4) is 0 Å². The second kappa shape index (κ2) is 13.0. The highest BCUT2D eigenvalue weighted by Crippen LogP contribution is 2.31. The SMILES string of the molecule is Cc1ccc(Nc2nc(N)ncc2-c2ccc(S(=O)(=O)N3CCCC(CN(Cc4cn[nH]c4)Cc4cn[nH]c4)C3)cc2)cc1. The van der Waals surface area contributed by atoms with Gasteiger partial charge in [0.25, 0.3) is 0 Å². The number of piperidine rings is 1. The van der Waals surface area contributed by atoms with Crippen molar-refractivity contribution in [1.82, 2.24) is 39.6 Å². The minimum Gasteiger partial charge on any atom is -0.368 e. The molecule has 1 aliphatic rings. The second-order valence-corrected chi connectivity index (χ2v) is 13.2. The number of H-pyrrole nitrogens is 2. The number of anilines is 3. The van der Waals surface area contributed by atoms with Crippen molar-refractivity contribution in [2.24, 2.45) is 5.92 Å². The molecule has 44 heavy (non-hydrogen) atoms. The van der Waals surface area contributed by atoms with E-state index < -0.39 is 10.0 Å². The van der Waals surface area contributed by atoms with Gasteiger partial charge in [-0.25, -0.2) is 13.4 Å². The van der Waals surface area contributed by atoms with Crippen LogP contribution in [0.1, 0.15) is 29.5 Å². The first-order chi connectivity index (χ1) is 21.3. The molecule has 1 aliphatic heterocycles. The minimum atomic E-state index is -3.68.